The Kier molecular flexibility index (Phi) is 9.10. The van der Waals surface area contributed by atoms with E-state index in [1.165, 1.54) is 5.56 Å². The lowest BCUT2D eigenvalue weighted by Gasteiger charge is -2.16. The number of hydrogen-bond acceptors (Lipinski definition) is 2. The number of guanidine groups is 1. The summed E-state index contributed by atoms with van der Waals surface area (Å²) < 4.78 is 18.1. The van der Waals surface area contributed by atoms with E-state index in [2.05, 4.69) is 54.6 Å². The topological polar surface area (TPSA) is 45.7 Å². The SMILES string of the molecule is CN=C(NCCCF)NCc1ccc(C)cc1OCCC(C)C. The molecule has 1 aromatic rings. The van der Waals surface area contributed by atoms with Crippen molar-refractivity contribution in [1.29, 1.82) is 0 Å². The van der Waals surface area contributed by atoms with Gasteiger partial charge in [0.05, 0.1) is 13.3 Å². The first kappa shape index (κ1) is 19.3. The van der Waals surface area contributed by atoms with E-state index in [1.54, 1.807) is 7.05 Å². The lowest BCUT2D eigenvalue weighted by atomic mass is 10.1. The molecule has 0 saturated carbocycles. The molecule has 0 bridgehead atoms. The maximum Gasteiger partial charge on any atom is 0.191 e. The normalized spacial score (nSPS) is 11.7. The second-order valence-electron chi connectivity index (χ2n) is 6.04. The standard InChI is InChI=1S/C18H30FN3O/c1-14(2)8-11-23-17-12-15(3)6-7-16(17)13-22-18(20-4)21-10-5-9-19/h6-7,12,14H,5,8-11,13H2,1-4H3,(H2,20,21,22). The molecule has 0 radical (unpaired) electrons. The van der Waals surface area contributed by atoms with Crippen LogP contribution in [0.2, 0.25) is 0 Å². The van der Waals surface area contributed by atoms with Gasteiger partial charge in [-0.15, -0.1) is 0 Å². The predicted molar refractivity (Wildman–Crippen MR) is 94.9 cm³/mol. The van der Waals surface area contributed by atoms with E-state index in [-0.39, 0.29) is 6.67 Å². The zero-order valence-corrected chi connectivity index (χ0v) is 14.8. The fourth-order valence-electron chi connectivity index (χ4n) is 2.02. The minimum Gasteiger partial charge on any atom is -0.493 e. The molecule has 0 spiro atoms. The molecular formula is C18H30FN3O. The lowest BCUT2D eigenvalue weighted by molar-refractivity contribution is 0.286. The van der Waals surface area contributed by atoms with E-state index < -0.39 is 0 Å². The highest BCUT2D eigenvalue weighted by atomic mass is 19.1. The van der Waals surface area contributed by atoms with Crippen LogP contribution in [0.15, 0.2) is 23.2 Å². The first-order valence-corrected chi connectivity index (χ1v) is 8.29. The van der Waals surface area contributed by atoms with E-state index in [9.17, 15) is 4.39 Å². The molecule has 2 N–H and O–H groups in total. The van der Waals surface area contributed by atoms with Crippen molar-refractivity contribution in [3.05, 3.63) is 29.3 Å². The van der Waals surface area contributed by atoms with E-state index in [0.29, 0.717) is 31.4 Å². The van der Waals surface area contributed by atoms with Crippen LogP contribution in [0.4, 0.5) is 4.39 Å². The van der Waals surface area contributed by atoms with Gasteiger partial charge in [-0.3, -0.25) is 9.38 Å². The van der Waals surface area contributed by atoms with Crippen molar-refractivity contribution in [3.8, 4) is 5.75 Å². The molecule has 4 nitrogen and oxygen atoms in total. The fraction of sp³-hybridized carbons (Fsp3) is 0.611. The third kappa shape index (κ3) is 7.86. The Morgan fingerprint density at radius 1 is 1.30 bits per heavy atom. The summed E-state index contributed by atoms with van der Waals surface area (Å²) in [6.45, 7) is 8.02. The van der Waals surface area contributed by atoms with Crippen LogP contribution >= 0.6 is 0 Å². The summed E-state index contributed by atoms with van der Waals surface area (Å²) in [5.74, 6) is 2.21. The van der Waals surface area contributed by atoms with Gasteiger partial charge >= 0.3 is 0 Å². The summed E-state index contributed by atoms with van der Waals surface area (Å²) >= 11 is 0. The van der Waals surface area contributed by atoms with Gasteiger partial charge in [-0.2, -0.15) is 0 Å². The minimum atomic E-state index is -0.324. The molecule has 5 heteroatoms. The monoisotopic (exact) mass is 323 g/mol. The van der Waals surface area contributed by atoms with Gasteiger partial charge in [-0.25, -0.2) is 0 Å². The Labute approximate surface area is 139 Å². The number of aryl methyl sites for hydroxylation is 1. The summed E-state index contributed by atoms with van der Waals surface area (Å²) in [6, 6.07) is 6.21. The second kappa shape index (κ2) is 10.9. The first-order chi connectivity index (χ1) is 11.1. The van der Waals surface area contributed by atoms with Gasteiger partial charge in [-0.05, 0) is 37.3 Å². The minimum absolute atomic E-state index is 0.324. The number of nitrogens with zero attached hydrogens (tertiary/aromatic N) is 1. The molecule has 1 rings (SSSR count). The average Bonchev–Trinajstić information content (AvgIpc) is 2.52. The molecule has 0 saturated heterocycles. The van der Waals surface area contributed by atoms with Crippen LogP contribution < -0.4 is 15.4 Å². The van der Waals surface area contributed by atoms with E-state index in [0.717, 1.165) is 24.3 Å². The number of ether oxygens (including phenoxy) is 1. The molecule has 0 unspecified atom stereocenters. The highest BCUT2D eigenvalue weighted by Crippen LogP contribution is 2.21. The number of nitrogens with one attached hydrogen (secondary N) is 2. The first-order valence-electron chi connectivity index (χ1n) is 8.29. The number of benzene rings is 1. The van der Waals surface area contributed by atoms with Crippen LogP contribution in [-0.4, -0.2) is 32.8 Å². The van der Waals surface area contributed by atoms with Crippen molar-refractivity contribution < 1.29 is 9.13 Å². The van der Waals surface area contributed by atoms with Gasteiger partial charge in [0, 0.05) is 25.7 Å². The Morgan fingerprint density at radius 2 is 2.09 bits per heavy atom. The number of hydrogen-bond donors (Lipinski definition) is 2. The molecular weight excluding hydrogens is 293 g/mol. The van der Waals surface area contributed by atoms with Crippen LogP contribution in [0.1, 0.15) is 37.8 Å². The number of halogens is 1. The fourth-order valence-corrected chi connectivity index (χ4v) is 2.02. The highest BCUT2D eigenvalue weighted by Gasteiger charge is 2.06. The molecule has 0 aliphatic carbocycles. The van der Waals surface area contributed by atoms with Crippen molar-refractivity contribution in [2.24, 2.45) is 10.9 Å². The maximum atomic E-state index is 12.1. The maximum absolute atomic E-state index is 12.1. The van der Waals surface area contributed by atoms with E-state index >= 15 is 0 Å². The number of alkyl halides is 1. The molecule has 130 valence electrons. The van der Waals surface area contributed by atoms with Crippen LogP contribution in [0.5, 0.6) is 5.75 Å². The quantitative estimate of drug-likeness (QED) is 0.416. The zero-order valence-electron chi connectivity index (χ0n) is 14.8. The molecule has 0 aromatic heterocycles. The van der Waals surface area contributed by atoms with Gasteiger partial charge in [0.1, 0.15) is 5.75 Å². The zero-order chi connectivity index (χ0) is 17.1. The molecule has 0 heterocycles. The van der Waals surface area contributed by atoms with Crippen LogP contribution in [0.3, 0.4) is 0 Å². The van der Waals surface area contributed by atoms with Crippen molar-refractivity contribution >= 4 is 5.96 Å². The van der Waals surface area contributed by atoms with Gasteiger partial charge in [-0.1, -0.05) is 26.0 Å². The molecule has 0 amide bonds. The third-order valence-electron chi connectivity index (χ3n) is 3.45. The molecule has 0 aliphatic heterocycles. The Morgan fingerprint density at radius 3 is 2.74 bits per heavy atom. The summed E-state index contributed by atoms with van der Waals surface area (Å²) in [6.07, 6.45) is 1.52. The van der Waals surface area contributed by atoms with Gasteiger partial charge in [0.15, 0.2) is 5.96 Å². The van der Waals surface area contributed by atoms with Crippen LogP contribution in [-0.2, 0) is 6.54 Å². The van der Waals surface area contributed by atoms with Gasteiger partial charge < -0.3 is 15.4 Å². The average molecular weight is 323 g/mol. The number of rotatable bonds is 9. The number of aliphatic imine (C=N–C) groups is 1. The van der Waals surface area contributed by atoms with Crippen molar-refractivity contribution in [2.45, 2.75) is 40.2 Å². The van der Waals surface area contributed by atoms with Crippen LogP contribution in [0.25, 0.3) is 0 Å². The highest BCUT2D eigenvalue weighted by molar-refractivity contribution is 5.79. The molecule has 0 fully saturated rings. The van der Waals surface area contributed by atoms with Crippen LogP contribution in [0, 0.1) is 12.8 Å². The molecule has 23 heavy (non-hydrogen) atoms. The largest absolute Gasteiger partial charge is 0.493 e. The molecule has 0 aliphatic rings. The predicted octanol–water partition coefficient (Wildman–Crippen LogP) is 3.44. The van der Waals surface area contributed by atoms with Crippen molar-refractivity contribution in [2.75, 3.05) is 26.9 Å². The summed E-state index contributed by atoms with van der Waals surface area (Å²) in [7, 11) is 1.71. The summed E-state index contributed by atoms with van der Waals surface area (Å²) in [4.78, 5) is 4.14. The molecule has 0 atom stereocenters. The van der Waals surface area contributed by atoms with Crippen molar-refractivity contribution in [3.63, 3.8) is 0 Å². The summed E-state index contributed by atoms with van der Waals surface area (Å²) in [5.41, 5.74) is 2.27. The second-order valence-corrected chi connectivity index (χ2v) is 6.04. The van der Waals surface area contributed by atoms with E-state index in [4.69, 9.17) is 4.74 Å². The van der Waals surface area contributed by atoms with Crippen molar-refractivity contribution in [1.82, 2.24) is 10.6 Å². The molecule has 1 aromatic carbocycles. The lowest BCUT2D eigenvalue weighted by Crippen LogP contribution is -2.37. The smallest absolute Gasteiger partial charge is 0.191 e. The Bertz CT molecular complexity index is 489. The third-order valence-corrected chi connectivity index (χ3v) is 3.45. The summed E-state index contributed by atoms with van der Waals surface area (Å²) in [5, 5.41) is 6.33. The van der Waals surface area contributed by atoms with E-state index in [1.807, 2.05) is 0 Å². The Balaban J connectivity index is 2.60. The van der Waals surface area contributed by atoms with Gasteiger partial charge in [0.25, 0.3) is 0 Å². The van der Waals surface area contributed by atoms with Gasteiger partial charge in [0.2, 0.25) is 0 Å². The Hall–Kier alpha value is -1.78.